The second-order valence-corrected chi connectivity index (χ2v) is 2.72. The van der Waals surface area contributed by atoms with E-state index in [1.165, 1.54) is 0 Å². The molecule has 0 fully saturated rings. The van der Waals surface area contributed by atoms with E-state index in [0.29, 0.717) is 0 Å². The molecule has 3 heteroatoms. The molecule has 2 aromatic carbocycles. The molecule has 0 unspecified atom stereocenters. The molecule has 0 heterocycles. The molecule has 2 N–H and O–H groups in total. The van der Waals surface area contributed by atoms with Crippen molar-refractivity contribution in [3.8, 4) is 11.5 Å². The molecule has 0 amide bonds. The van der Waals surface area contributed by atoms with Gasteiger partial charge in [-0.05, 0) is 35.0 Å². The Kier molecular flexibility index (Phi) is 3.76. The van der Waals surface area contributed by atoms with Crippen LogP contribution in [0.2, 0.25) is 0 Å². The number of aromatic hydroxyl groups is 2. The average Bonchev–Trinajstić information content (AvgIpc) is 2.03. The summed E-state index contributed by atoms with van der Waals surface area (Å²) in [5.74, 6) is 0.432. The summed E-state index contributed by atoms with van der Waals surface area (Å²) in [5.41, 5.74) is 0. The first-order chi connectivity index (χ1) is 5.75. The van der Waals surface area contributed by atoms with Crippen molar-refractivity contribution >= 4 is 62.2 Å². The standard InChI is InChI=1S/C10H8O2.K.H/c11-9-3-1-7-2-4-10(12)6-8(7)5-9;;/h1-6,11-12H;;. The van der Waals surface area contributed by atoms with E-state index in [0.717, 1.165) is 10.8 Å². The Morgan fingerprint density at radius 3 is 1.62 bits per heavy atom. The maximum absolute atomic E-state index is 9.14. The SMILES string of the molecule is Oc1ccc2ccc(O)cc2c1.[KH]. The van der Waals surface area contributed by atoms with Gasteiger partial charge in [-0.15, -0.1) is 0 Å². The monoisotopic (exact) mass is 200 g/mol. The van der Waals surface area contributed by atoms with Crippen LogP contribution in [-0.4, -0.2) is 61.6 Å². The van der Waals surface area contributed by atoms with Crippen molar-refractivity contribution in [1.82, 2.24) is 0 Å². The predicted molar refractivity (Wildman–Crippen MR) is 54.4 cm³/mol. The molecule has 0 bridgehead atoms. The van der Waals surface area contributed by atoms with Gasteiger partial charge in [0.05, 0.1) is 0 Å². The van der Waals surface area contributed by atoms with Crippen LogP contribution in [0.4, 0.5) is 0 Å². The van der Waals surface area contributed by atoms with Gasteiger partial charge in [-0.25, -0.2) is 0 Å². The quantitative estimate of drug-likeness (QED) is 0.634. The van der Waals surface area contributed by atoms with Crippen LogP contribution in [0.1, 0.15) is 0 Å². The summed E-state index contributed by atoms with van der Waals surface area (Å²) in [7, 11) is 0. The van der Waals surface area contributed by atoms with Crippen molar-refractivity contribution in [3.63, 3.8) is 0 Å². The normalized spacial score (nSPS) is 9.54. The zero-order valence-electron chi connectivity index (χ0n) is 6.36. The first-order valence-corrected chi connectivity index (χ1v) is 3.67. The second kappa shape index (κ2) is 4.44. The number of hydrogen-bond acceptors (Lipinski definition) is 2. The Morgan fingerprint density at radius 1 is 0.692 bits per heavy atom. The minimum atomic E-state index is 0. The van der Waals surface area contributed by atoms with Crippen molar-refractivity contribution in [1.29, 1.82) is 0 Å². The summed E-state index contributed by atoms with van der Waals surface area (Å²) in [6.45, 7) is 0. The Hall–Kier alpha value is -0.0636. The van der Waals surface area contributed by atoms with Crippen LogP contribution in [0, 0.1) is 0 Å². The first-order valence-electron chi connectivity index (χ1n) is 3.67. The van der Waals surface area contributed by atoms with E-state index in [1.54, 1.807) is 24.3 Å². The number of fused-ring (bicyclic) bond motifs is 1. The molecular weight excluding hydrogens is 191 g/mol. The van der Waals surface area contributed by atoms with Crippen LogP contribution >= 0.6 is 0 Å². The van der Waals surface area contributed by atoms with Gasteiger partial charge >= 0.3 is 51.4 Å². The van der Waals surface area contributed by atoms with Crippen LogP contribution in [0.15, 0.2) is 36.4 Å². The van der Waals surface area contributed by atoms with E-state index in [4.69, 9.17) is 10.2 Å². The Balaban J connectivity index is 0.000000845. The van der Waals surface area contributed by atoms with E-state index in [9.17, 15) is 0 Å². The summed E-state index contributed by atoms with van der Waals surface area (Å²) >= 11 is 0. The number of phenols is 2. The van der Waals surface area contributed by atoms with Gasteiger partial charge in [0.1, 0.15) is 11.5 Å². The Labute approximate surface area is 119 Å². The summed E-state index contributed by atoms with van der Waals surface area (Å²) in [6.07, 6.45) is 0. The molecule has 0 saturated carbocycles. The van der Waals surface area contributed by atoms with E-state index in [1.807, 2.05) is 12.1 Å². The third-order valence-electron chi connectivity index (χ3n) is 1.81. The van der Waals surface area contributed by atoms with Gasteiger partial charge in [0, 0.05) is 0 Å². The Bertz CT molecular complexity index is 389. The Morgan fingerprint density at radius 2 is 1.15 bits per heavy atom. The molecule has 0 aliphatic carbocycles. The average molecular weight is 200 g/mol. The number of hydrogen-bond donors (Lipinski definition) is 2. The third kappa shape index (κ3) is 2.45. The molecule has 0 atom stereocenters. The van der Waals surface area contributed by atoms with Crippen molar-refractivity contribution in [2.45, 2.75) is 0 Å². The van der Waals surface area contributed by atoms with Gasteiger partial charge in [0.2, 0.25) is 0 Å². The first kappa shape index (κ1) is 11.0. The number of phenolic OH excluding ortho intramolecular Hbond substituents is 2. The van der Waals surface area contributed by atoms with E-state index in [2.05, 4.69) is 0 Å². The topological polar surface area (TPSA) is 40.5 Å². The molecule has 0 aliphatic heterocycles. The fraction of sp³-hybridized carbons (Fsp3) is 0. The van der Waals surface area contributed by atoms with Gasteiger partial charge in [0.25, 0.3) is 0 Å². The summed E-state index contributed by atoms with van der Waals surface area (Å²) in [6, 6.07) is 10.1. The molecule has 2 aromatic rings. The molecule has 0 radical (unpaired) electrons. The summed E-state index contributed by atoms with van der Waals surface area (Å²) in [4.78, 5) is 0. The van der Waals surface area contributed by atoms with Gasteiger partial charge in [-0.3, -0.25) is 0 Å². The van der Waals surface area contributed by atoms with Gasteiger partial charge in [-0.2, -0.15) is 0 Å². The predicted octanol–water partition coefficient (Wildman–Crippen LogP) is 1.60. The fourth-order valence-corrected chi connectivity index (χ4v) is 1.22. The number of benzene rings is 2. The minimum absolute atomic E-state index is 0. The van der Waals surface area contributed by atoms with Crippen LogP contribution in [0.25, 0.3) is 10.8 Å². The van der Waals surface area contributed by atoms with Crippen molar-refractivity contribution < 1.29 is 10.2 Å². The van der Waals surface area contributed by atoms with E-state index >= 15 is 0 Å². The molecule has 2 nitrogen and oxygen atoms in total. The molecule has 0 aliphatic rings. The van der Waals surface area contributed by atoms with Crippen LogP contribution in [0.3, 0.4) is 0 Å². The van der Waals surface area contributed by atoms with Crippen LogP contribution in [-0.2, 0) is 0 Å². The molecular formula is C10H9KO2. The molecule has 0 saturated heterocycles. The van der Waals surface area contributed by atoms with Crippen molar-refractivity contribution in [3.05, 3.63) is 36.4 Å². The zero-order chi connectivity index (χ0) is 8.55. The van der Waals surface area contributed by atoms with Gasteiger partial charge in [-0.1, -0.05) is 12.1 Å². The molecule has 62 valence electrons. The van der Waals surface area contributed by atoms with Crippen LogP contribution in [0.5, 0.6) is 11.5 Å². The zero-order valence-corrected chi connectivity index (χ0v) is 6.36. The maximum atomic E-state index is 9.14. The van der Waals surface area contributed by atoms with E-state index in [-0.39, 0.29) is 62.9 Å². The van der Waals surface area contributed by atoms with Gasteiger partial charge < -0.3 is 10.2 Å². The summed E-state index contributed by atoms with van der Waals surface area (Å²) in [5, 5.41) is 20.1. The summed E-state index contributed by atoms with van der Waals surface area (Å²) < 4.78 is 0. The van der Waals surface area contributed by atoms with Crippen molar-refractivity contribution in [2.24, 2.45) is 0 Å². The third-order valence-corrected chi connectivity index (χ3v) is 1.81. The van der Waals surface area contributed by atoms with Gasteiger partial charge in [0.15, 0.2) is 0 Å². The fourth-order valence-electron chi connectivity index (χ4n) is 1.22. The molecule has 2 rings (SSSR count). The van der Waals surface area contributed by atoms with Crippen molar-refractivity contribution in [2.75, 3.05) is 0 Å². The number of rotatable bonds is 0. The van der Waals surface area contributed by atoms with Crippen LogP contribution < -0.4 is 0 Å². The van der Waals surface area contributed by atoms with E-state index < -0.39 is 0 Å². The second-order valence-electron chi connectivity index (χ2n) is 2.72. The molecule has 13 heavy (non-hydrogen) atoms. The molecule has 0 aromatic heterocycles. The molecule has 0 spiro atoms.